The second-order valence-electron chi connectivity index (χ2n) is 4.10. The normalized spacial score (nSPS) is 14.8. The maximum Gasteiger partial charge on any atom is 0.131 e. The topological polar surface area (TPSA) is 50.1 Å². The minimum Gasteiger partial charge on any atom is -0.392 e. The molecular weight excluding hydrogens is 234 g/mol. The first-order chi connectivity index (χ1) is 8.18. The minimum absolute atomic E-state index is 0.0459. The molecule has 0 spiro atoms. The lowest BCUT2D eigenvalue weighted by atomic mass is 10.2. The van der Waals surface area contributed by atoms with Gasteiger partial charge in [0, 0.05) is 30.9 Å². The molecule has 0 fully saturated rings. The number of hydrogen-bond acceptors (Lipinski definition) is 4. The van der Waals surface area contributed by atoms with Crippen molar-refractivity contribution in [2.75, 3.05) is 6.54 Å². The molecule has 0 bridgehead atoms. The molecule has 2 rings (SSSR count). The Bertz CT molecular complexity index is 450. The van der Waals surface area contributed by atoms with Crippen LogP contribution in [0.15, 0.2) is 29.9 Å². The Balaban J connectivity index is 2.22. The first-order valence-electron chi connectivity index (χ1n) is 5.60. The molecule has 0 saturated carbocycles. The fraction of sp³-hybridized carbons (Fsp3) is 0.417. The number of imidazole rings is 1. The first-order valence-corrected chi connectivity index (χ1v) is 6.48. The summed E-state index contributed by atoms with van der Waals surface area (Å²) in [6, 6.07) is 4.16. The summed E-state index contributed by atoms with van der Waals surface area (Å²) in [6.07, 6.45) is 3.36. The number of rotatable bonds is 5. The number of nitrogens with one attached hydrogen (secondary N) is 1. The van der Waals surface area contributed by atoms with E-state index in [0.29, 0.717) is 6.54 Å². The van der Waals surface area contributed by atoms with Crippen LogP contribution in [0.3, 0.4) is 0 Å². The first kappa shape index (κ1) is 12.3. The number of nitrogens with zero attached hydrogens (tertiary/aromatic N) is 2. The molecule has 0 amide bonds. The van der Waals surface area contributed by atoms with E-state index in [1.54, 1.807) is 24.5 Å². The number of aromatic nitrogens is 2. The maximum atomic E-state index is 9.38. The van der Waals surface area contributed by atoms with E-state index < -0.39 is 0 Å². The lowest BCUT2D eigenvalue weighted by Crippen LogP contribution is -2.30. The van der Waals surface area contributed by atoms with E-state index in [4.69, 9.17) is 0 Å². The van der Waals surface area contributed by atoms with E-state index in [-0.39, 0.29) is 12.1 Å². The highest BCUT2D eigenvalue weighted by molar-refractivity contribution is 7.10. The van der Waals surface area contributed by atoms with Crippen LogP contribution in [0.4, 0.5) is 0 Å². The van der Waals surface area contributed by atoms with Crippen molar-refractivity contribution in [3.05, 3.63) is 40.6 Å². The summed E-state index contributed by atoms with van der Waals surface area (Å²) in [6.45, 7) is 2.33. The molecule has 2 N–H and O–H groups in total. The summed E-state index contributed by atoms with van der Waals surface area (Å²) < 4.78 is 2.00. The predicted molar refractivity (Wildman–Crippen MR) is 69.1 cm³/mol. The molecule has 2 heterocycles. The highest BCUT2D eigenvalue weighted by Gasteiger charge is 2.18. The van der Waals surface area contributed by atoms with Crippen molar-refractivity contribution in [1.82, 2.24) is 14.9 Å². The molecule has 0 aliphatic carbocycles. The van der Waals surface area contributed by atoms with Gasteiger partial charge in [-0.05, 0) is 18.4 Å². The zero-order valence-electron chi connectivity index (χ0n) is 10.00. The number of aryl methyl sites for hydroxylation is 1. The molecule has 2 unspecified atom stereocenters. The molecule has 0 saturated heterocycles. The Morgan fingerprint density at radius 2 is 2.41 bits per heavy atom. The van der Waals surface area contributed by atoms with Crippen molar-refractivity contribution in [2.45, 2.75) is 19.1 Å². The van der Waals surface area contributed by atoms with Crippen LogP contribution in [0.2, 0.25) is 0 Å². The number of aliphatic hydroxyl groups is 1. The third-order valence-corrected chi connectivity index (χ3v) is 3.50. The van der Waals surface area contributed by atoms with E-state index in [1.165, 1.54) is 4.88 Å². The Morgan fingerprint density at radius 1 is 1.59 bits per heavy atom. The van der Waals surface area contributed by atoms with Crippen LogP contribution in [0.1, 0.15) is 23.7 Å². The number of aliphatic hydroxyl groups excluding tert-OH is 1. The highest BCUT2D eigenvalue weighted by Crippen LogP contribution is 2.24. The third kappa shape index (κ3) is 2.94. The minimum atomic E-state index is -0.363. The largest absolute Gasteiger partial charge is 0.392 e. The summed E-state index contributed by atoms with van der Waals surface area (Å²) in [5.74, 6) is 0.966. The SMILES string of the molecule is CC(O)CNC(c1cccs1)c1nccn1C. The summed E-state index contributed by atoms with van der Waals surface area (Å²) in [5.41, 5.74) is 0. The molecule has 92 valence electrons. The van der Waals surface area contributed by atoms with Crippen LogP contribution in [-0.2, 0) is 7.05 Å². The zero-order valence-corrected chi connectivity index (χ0v) is 10.8. The molecule has 17 heavy (non-hydrogen) atoms. The van der Waals surface area contributed by atoms with Crippen molar-refractivity contribution in [3.63, 3.8) is 0 Å². The smallest absolute Gasteiger partial charge is 0.131 e. The Hall–Kier alpha value is -1.17. The average molecular weight is 251 g/mol. The van der Waals surface area contributed by atoms with Gasteiger partial charge in [-0.15, -0.1) is 11.3 Å². The van der Waals surface area contributed by atoms with E-state index >= 15 is 0 Å². The van der Waals surface area contributed by atoms with Gasteiger partial charge in [0.05, 0.1) is 6.10 Å². The summed E-state index contributed by atoms with van der Waals surface area (Å²) >= 11 is 1.69. The van der Waals surface area contributed by atoms with Gasteiger partial charge in [0.1, 0.15) is 11.9 Å². The molecule has 2 aromatic rings. The van der Waals surface area contributed by atoms with Gasteiger partial charge in [-0.1, -0.05) is 6.07 Å². The van der Waals surface area contributed by atoms with Gasteiger partial charge in [-0.2, -0.15) is 0 Å². The summed E-state index contributed by atoms with van der Waals surface area (Å²) in [4.78, 5) is 5.58. The lowest BCUT2D eigenvalue weighted by Gasteiger charge is -2.18. The Kier molecular flexibility index (Phi) is 3.93. The van der Waals surface area contributed by atoms with Crippen LogP contribution >= 0.6 is 11.3 Å². The fourth-order valence-corrected chi connectivity index (χ4v) is 2.51. The predicted octanol–water partition coefficient (Wildman–Crippen LogP) is 1.54. The average Bonchev–Trinajstić information content (AvgIpc) is 2.91. The molecule has 0 aliphatic rings. The van der Waals surface area contributed by atoms with E-state index in [0.717, 1.165) is 5.82 Å². The standard InChI is InChI=1S/C12H17N3OS/c1-9(16)8-14-11(10-4-3-7-17-10)12-13-5-6-15(12)2/h3-7,9,11,14,16H,8H2,1-2H3. The Morgan fingerprint density at radius 3 is 2.94 bits per heavy atom. The number of hydrogen-bond donors (Lipinski definition) is 2. The second-order valence-corrected chi connectivity index (χ2v) is 5.08. The molecule has 2 atom stereocenters. The maximum absolute atomic E-state index is 9.38. The highest BCUT2D eigenvalue weighted by atomic mass is 32.1. The Labute approximate surface area is 105 Å². The molecule has 0 radical (unpaired) electrons. The second kappa shape index (κ2) is 5.44. The van der Waals surface area contributed by atoms with Crippen molar-refractivity contribution in [3.8, 4) is 0 Å². The summed E-state index contributed by atoms with van der Waals surface area (Å²) in [5, 5.41) is 14.8. The van der Waals surface area contributed by atoms with Gasteiger partial charge in [0.2, 0.25) is 0 Å². The monoisotopic (exact) mass is 251 g/mol. The van der Waals surface area contributed by atoms with Gasteiger partial charge in [-0.25, -0.2) is 4.98 Å². The van der Waals surface area contributed by atoms with Gasteiger partial charge in [-0.3, -0.25) is 0 Å². The molecule has 5 heteroatoms. The van der Waals surface area contributed by atoms with Gasteiger partial charge < -0.3 is 15.0 Å². The molecule has 0 aliphatic heterocycles. The van der Waals surface area contributed by atoms with E-state index in [2.05, 4.69) is 21.7 Å². The van der Waals surface area contributed by atoms with Crippen LogP contribution in [0, 0.1) is 0 Å². The zero-order chi connectivity index (χ0) is 12.3. The molecule has 4 nitrogen and oxygen atoms in total. The molecule has 2 aromatic heterocycles. The van der Waals surface area contributed by atoms with Crippen LogP contribution in [-0.4, -0.2) is 27.3 Å². The van der Waals surface area contributed by atoms with Crippen LogP contribution < -0.4 is 5.32 Å². The van der Waals surface area contributed by atoms with Gasteiger partial charge >= 0.3 is 0 Å². The number of thiophene rings is 1. The van der Waals surface area contributed by atoms with E-state index in [1.807, 2.05) is 23.9 Å². The molecular formula is C12H17N3OS. The van der Waals surface area contributed by atoms with Crippen molar-refractivity contribution < 1.29 is 5.11 Å². The van der Waals surface area contributed by atoms with Crippen LogP contribution in [0.5, 0.6) is 0 Å². The van der Waals surface area contributed by atoms with Crippen molar-refractivity contribution >= 4 is 11.3 Å². The third-order valence-electron chi connectivity index (χ3n) is 2.56. The lowest BCUT2D eigenvalue weighted by molar-refractivity contribution is 0.188. The van der Waals surface area contributed by atoms with Gasteiger partial charge in [0.15, 0.2) is 0 Å². The summed E-state index contributed by atoms with van der Waals surface area (Å²) in [7, 11) is 1.98. The molecule has 0 aromatic carbocycles. The quantitative estimate of drug-likeness (QED) is 0.847. The van der Waals surface area contributed by atoms with Crippen molar-refractivity contribution in [1.29, 1.82) is 0 Å². The van der Waals surface area contributed by atoms with E-state index in [9.17, 15) is 5.11 Å². The van der Waals surface area contributed by atoms with Gasteiger partial charge in [0.25, 0.3) is 0 Å². The van der Waals surface area contributed by atoms with Crippen LogP contribution in [0.25, 0.3) is 0 Å². The van der Waals surface area contributed by atoms with Crippen molar-refractivity contribution in [2.24, 2.45) is 7.05 Å². The fourth-order valence-electron chi connectivity index (χ4n) is 1.72.